The normalized spacial score (nSPS) is 12.0. The maximum atomic E-state index is 4.47. The molecule has 1 aromatic carbocycles. The third kappa shape index (κ3) is 4.36. The smallest absolute Gasteiger partial charge is 0.223 e. The quantitative estimate of drug-likeness (QED) is 0.598. The van der Waals surface area contributed by atoms with Gasteiger partial charge in [0.2, 0.25) is 11.1 Å². The zero-order valence-corrected chi connectivity index (χ0v) is 13.8. The Bertz CT molecular complexity index is 616. The Morgan fingerprint density at radius 2 is 2.14 bits per heavy atom. The zero-order valence-electron chi connectivity index (χ0n) is 13.0. The molecule has 0 fully saturated rings. The van der Waals surface area contributed by atoms with Crippen LogP contribution in [0.15, 0.2) is 41.1 Å². The Morgan fingerprint density at radius 3 is 2.86 bits per heavy atom. The van der Waals surface area contributed by atoms with Crippen molar-refractivity contribution in [2.75, 3.05) is 11.1 Å². The predicted octanol–water partition coefficient (Wildman–Crippen LogP) is 4.73. The van der Waals surface area contributed by atoms with Gasteiger partial charge < -0.3 is 5.32 Å². The molecule has 0 aliphatic rings. The molecule has 0 atom stereocenters. The first-order valence-corrected chi connectivity index (χ1v) is 8.11. The summed E-state index contributed by atoms with van der Waals surface area (Å²) in [4.78, 5) is 4.47. The summed E-state index contributed by atoms with van der Waals surface area (Å²) in [5.41, 5.74) is 3.67. The topological polar surface area (TPSA) is 53.6 Å². The summed E-state index contributed by atoms with van der Waals surface area (Å²) in [5, 5.41) is 11.3. The first kappa shape index (κ1) is 15.6. The third-order valence-corrected chi connectivity index (χ3v) is 4.26. The van der Waals surface area contributed by atoms with Crippen molar-refractivity contribution < 1.29 is 0 Å². The van der Waals surface area contributed by atoms with Crippen LogP contribution in [0.3, 0.4) is 0 Å². The van der Waals surface area contributed by atoms with Crippen molar-refractivity contribution in [3.05, 3.63) is 41.5 Å². The van der Waals surface area contributed by atoms with E-state index in [1.807, 2.05) is 13.0 Å². The van der Waals surface area contributed by atoms with Crippen molar-refractivity contribution in [2.45, 2.75) is 38.8 Å². The second kappa shape index (κ2) is 7.31. The van der Waals surface area contributed by atoms with Crippen molar-refractivity contribution in [2.24, 2.45) is 0 Å². The monoisotopic (exact) mass is 302 g/mol. The van der Waals surface area contributed by atoms with E-state index < -0.39 is 0 Å². The molecule has 2 aromatic rings. The Hall–Kier alpha value is -1.75. The second-order valence-electron chi connectivity index (χ2n) is 5.26. The minimum absolute atomic E-state index is 0.461. The first-order valence-electron chi connectivity index (χ1n) is 7.13. The fourth-order valence-corrected chi connectivity index (χ4v) is 2.66. The van der Waals surface area contributed by atoms with E-state index >= 15 is 0 Å². The summed E-state index contributed by atoms with van der Waals surface area (Å²) in [7, 11) is 0. The van der Waals surface area contributed by atoms with Crippen LogP contribution in [0.2, 0.25) is 0 Å². The van der Waals surface area contributed by atoms with Gasteiger partial charge in [0.15, 0.2) is 0 Å². The highest BCUT2D eigenvalue weighted by Gasteiger charge is 2.09. The Balaban J connectivity index is 2.06. The summed E-state index contributed by atoms with van der Waals surface area (Å²) in [6, 6.07) is 8.28. The maximum absolute atomic E-state index is 4.47. The van der Waals surface area contributed by atoms with Gasteiger partial charge >= 0.3 is 0 Å². The van der Waals surface area contributed by atoms with Gasteiger partial charge in [0.25, 0.3) is 0 Å². The van der Waals surface area contributed by atoms with E-state index in [2.05, 4.69) is 65.5 Å². The molecule has 2 N–H and O–H groups in total. The molecule has 0 radical (unpaired) electrons. The summed E-state index contributed by atoms with van der Waals surface area (Å²) in [6.45, 7) is 8.52. The Morgan fingerprint density at radius 1 is 1.38 bits per heavy atom. The van der Waals surface area contributed by atoms with E-state index in [1.54, 1.807) is 11.8 Å². The van der Waals surface area contributed by atoms with Crippen molar-refractivity contribution in [3.8, 4) is 0 Å². The van der Waals surface area contributed by atoms with Gasteiger partial charge in [-0.05, 0) is 31.4 Å². The van der Waals surface area contributed by atoms with Crippen LogP contribution in [0.5, 0.6) is 0 Å². The molecule has 0 aliphatic carbocycles. The molecule has 0 unspecified atom stereocenters. The molecule has 2 rings (SSSR count). The molecule has 0 aliphatic heterocycles. The number of anilines is 2. The number of thioether (sulfide) groups is 1. The molecule has 5 heteroatoms. The van der Waals surface area contributed by atoms with E-state index in [9.17, 15) is 0 Å². The SMILES string of the molecule is C/C=C(\C)CSc1n[nH]c(Nc2ccccc2C(C)C)n1. The number of hydrogen-bond acceptors (Lipinski definition) is 4. The van der Waals surface area contributed by atoms with Crippen LogP contribution in [-0.4, -0.2) is 20.9 Å². The van der Waals surface area contributed by atoms with Crippen molar-refractivity contribution in [1.29, 1.82) is 0 Å². The van der Waals surface area contributed by atoms with Crippen LogP contribution in [0.4, 0.5) is 11.6 Å². The number of H-pyrrole nitrogens is 1. The van der Waals surface area contributed by atoms with E-state index in [4.69, 9.17) is 0 Å². The molecule has 1 heterocycles. The molecule has 0 spiro atoms. The van der Waals surface area contributed by atoms with E-state index in [-0.39, 0.29) is 0 Å². The number of aromatic nitrogens is 3. The Kier molecular flexibility index (Phi) is 5.44. The average molecular weight is 302 g/mol. The zero-order chi connectivity index (χ0) is 15.2. The van der Waals surface area contributed by atoms with Crippen LogP contribution in [0.25, 0.3) is 0 Å². The molecule has 112 valence electrons. The minimum Gasteiger partial charge on any atom is -0.324 e. The lowest BCUT2D eigenvalue weighted by Gasteiger charge is -2.12. The van der Waals surface area contributed by atoms with E-state index in [0.717, 1.165) is 16.6 Å². The van der Waals surface area contributed by atoms with E-state index in [1.165, 1.54) is 11.1 Å². The Labute approximate surface area is 130 Å². The summed E-state index contributed by atoms with van der Waals surface area (Å²) < 4.78 is 0. The highest BCUT2D eigenvalue weighted by atomic mass is 32.2. The first-order chi connectivity index (χ1) is 10.1. The average Bonchev–Trinajstić information content (AvgIpc) is 2.92. The number of hydrogen-bond donors (Lipinski definition) is 2. The standard InChI is InChI=1S/C16H22N4S/c1-5-12(4)10-21-16-18-15(19-20-16)17-14-9-7-6-8-13(14)11(2)3/h5-9,11H,10H2,1-4H3,(H2,17,18,19,20)/b12-5+. The molecular weight excluding hydrogens is 280 g/mol. The molecule has 21 heavy (non-hydrogen) atoms. The lowest BCUT2D eigenvalue weighted by molar-refractivity contribution is 0.868. The van der Waals surface area contributed by atoms with Gasteiger partial charge in [-0.2, -0.15) is 4.98 Å². The summed E-state index contributed by atoms with van der Waals surface area (Å²) in [6.07, 6.45) is 2.11. The number of aromatic amines is 1. The van der Waals surface area contributed by atoms with Gasteiger partial charge in [0.05, 0.1) is 0 Å². The van der Waals surface area contributed by atoms with Gasteiger partial charge in [-0.1, -0.05) is 55.5 Å². The molecule has 0 saturated carbocycles. The lowest BCUT2D eigenvalue weighted by Crippen LogP contribution is -1.98. The van der Waals surface area contributed by atoms with Crippen LogP contribution < -0.4 is 5.32 Å². The molecular formula is C16H22N4S. The maximum Gasteiger partial charge on any atom is 0.223 e. The third-order valence-electron chi connectivity index (χ3n) is 3.22. The largest absolute Gasteiger partial charge is 0.324 e. The predicted molar refractivity (Wildman–Crippen MR) is 90.4 cm³/mol. The molecule has 4 nitrogen and oxygen atoms in total. The van der Waals surface area contributed by atoms with E-state index in [0.29, 0.717) is 11.9 Å². The number of rotatable bonds is 6. The second-order valence-corrected chi connectivity index (χ2v) is 6.20. The number of para-hydroxylation sites is 1. The van der Waals surface area contributed by atoms with Gasteiger partial charge in [0, 0.05) is 11.4 Å². The molecule has 0 amide bonds. The van der Waals surface area contributed by atoms with Crippen LogP contribution in [0.1, 0.15) is 39.2 Å². The van der Waals surface area contributed by atoms with Crippen molar-refractivity contribution >= 4 is 23.4 Å². The van der Waals surface area contributed by atoms with Crippen molar-refractivity contribution in [1.82, 2.24) is 15.2 Å². The van der Waals surface area contributed by atoms with Crippen LogP contribution >= 0.6 is 11.8 Å². The minimum atomic E-state index is 0.461. The van der Waals surface area contributed by atoms with Gasteiger partial charge in [-0.15, -0.1) is 5.10 Å². The van der Waals surface area contributed by atoms with Crippen LogP contribution in [0, 0.1) is 0 Å². The summed E-state index contributed by atoms with van der Waals surface area (Å²) in [5.74, 6) is 2.06. The lowest BCUT2D eigenvalue weighted by atomic mass is 10.0. The number of nitrogens with zero attached hydrogens (tertiary/aromatic N) is 2. The van der Waals surface area contributed by atoms with Gasteiger partial charge in [-0.3, -0.25) is 0 Å². The number of benzene rings is 1. The van der Waals surface area contributed by atoms with Crippen molar-refractivity contribution in [3.63, 3.8) is 0 Å². The molecule has 1 aromatic heterocycles. The number of nitrogens with one attached hydrogen (secondary N) is 2. The highest BCUT2D eigenvalue weighted by Crippen LogP contribution is 2.26. The van der Waals surface area contributed by atoms with Gasteiger partial charge in [0.1, 0.15) is 0 Å². The van der Waals surface area contributed by atoms with Gasteiger partial charge in [-0.25, -0.2) is 5.10 Å². The highest BCUT2D eigenvalue weighted by molar-refractivity contribution is 7.99. The fraction of sp³-hybridized carbons (Fsp3) is 0.375. The summed E-state index contributed by atoms with van der Waals surface area (Å²) >= 11 is 1.63. The fourth-order valence-electron chi connectivity index (χ4n) is 1.87. The number of allylic oxidation sites excluding steroid dienone is 1. The molecule has 0 bridgehead atoms. The molecule has 0 saturated heterocycles. The van der Waals surface area contributed by atoms with Crippen LogP contribution in [-0.2, 0) is 0 Å².